The Bertz CT molecular complexity index is 1070. The summed E-state index contributed by atoms with van der Waals surface area (Å²) in [6.07, 6.45) is 0.646. The van der Waals surface area contributed by atoms with Crippen LogP contribution in [0.5, 0.6) is 0 Å². The first-order chi connectivity index (χ1) is 14.4. The summed E-state index contributed by atoms with van der Waals surface area (Å²) >= 11 is 7.21. The maximum absolute atomic E-state index is 13.0. The van der Waals surface area contributed by atoms with Crippen molar-refractivity contribution in [2.24, 2.45) is 0 Å². The van der Waals surface area contributed by atoms with Crippen molar-refractivity contribution < 1.29 is 9.18 Å². The summed E-state index contributed by atoms with van der Waals surface area (Å²) in [7, 11) is 0. The summed E-state index contributed by atoms with van der Waals surface area (Å²) in [5.41, 5.74) is 2.54. The monoisotopic (exact) mass is 445 g/mol. The summed E-state index contributed by atoms with van der Waals surface area (Å²) in [4.78, 5) is 31.8. The minimum absolute atomic E-state index is 0.0301. The van der Waals surface area contributed by atoms with E-state index in [0.717, 1.165) is 11.1 Å². The van der Waals surface area contributed by atoms with Crippen LogP contribution in [0.15, 0.2) is 58.5 Å². The Morgan fingerprint density at radius 1 is 1.13 bits per heavy atom. The third-order valence-electron chi connectivity index (χ3n) is 4.48. The van der Waals surface area contributed by atoms with Gasteiger partial charge in [0.15, 0.2) is 5.16 Å². The molecule has 3 rings (SSSR count). The predicted molar refractivity (Wildman–Crippen MR) is 117 cm³/mol. The molecule has 0 aliphatic carbocycles. The summed E-state index contributed by atoms with van der Waals surface area (Å²) in [5.74, 6) is 0.0284. The third-order valence-corrected chi connectivity index (χ3v) is 5.67. The molecule has 0 saturated heterocycles. The number of thioether (sulfide) groups is 1. The molecule has 0 saturated carbocycles. The van der Waals surface area contributed by atoms with Gasteiger partial charge in [-0.05, 0) is 48.7 Å². The van der Waals surface area contributed by atoms with Gasteiger partial charge in [0.1, 0.15) is 5.82 Å². The number of nitrogens with one attached hydrogen (secondary N) is 2. The number of H-pyrrole nitrogens is 1. The molecule has 0 fully saturated rings. The van der Waals surface area contributed by atoms with E-state index in [0.29, 0.717) is 40.2 Å². The summed E-state index contributed by atoms with van der Waals surface area (Å²) in [6.45, 7) is 2.18. The normalized spacial score (nSPS) is 10.8. The van der Waals surface area contributed by atoms with Crippen molar-refractivity contribution in [2.45, 2.75) is 30.7 Å². The fourth-order valence-electron chi connectivity index (χ4n) is 2.81. The highest BCUT2D eigenvalue weighted by molar-refractivity contribution is 7.98. The summed E-state index contributed by atoms with van der Waals surface area (Å²) in [5, 5.41) is 3.96. The molecule has 2 aromatic carbocycles. The van der Waals surface area contributed by atoms with E-state index in [2.05, 4.69) is 15.3 Å². The molecule has 3 aromatic rings. The number of hydrogen-bond donors (Lipinski definition) is 2. The van der Waals surface area contributed by atoms with Crippen molar-refractivity contribution in [3.8, 4) is 0 Å². The van der Waals surface area contributed by atoms with Gasteiger partial charge in [0, 0.05) is 28.6 Å². The van der Waals surface area contributed by atoms with Crippen molar-refractivity contribution in [1.82, 2.24) is 15.3 Å². The Morgan fingerprint density at radius 2 is 1.80 bits per heavy atom. The average molecular weight is 446 g/mol. The number of aryl methyl sites for hydroxylation is 1. The van der Waals surface area contributed by atoms with Crippen LogP contribution in [-0.2, 0) is 23.4 Å². The number of amides is 1. The van der Waals surface area contributed by atoms with Gasteiger partial charge < -0.3 is 10.3 Å². The number of nitrogens with zero attached hydrogens (tertiary/aromatic N) is 1. The van der Waals surface area contributed by atoms with Crippen molar-refractivity contribution in [3.63, 3.8) is 0 Å². The second-order valence-corrected chi connectivity index (χ2v) is 8.15. The predicted octanol–water partition coefficient (Wildman–Crippen LogP) is 4.06. The molecule has 156 valence electrons. The van der Waals surface area contributed by atoms with Crippen LogP contribution in [0.2, 0.25) is 5.02 Å². The van der Waals surface area contributed by atoms with Gasteiger partial charge in [-0.1, -0.05) is 47.6 Å². The van der Waals surface area contributed by atoms with Crippen LogP contribution in [0.1, 0.15) is 22.4 Å². The maximum atomic E-state index is 13.0. The highest BCUT2D eigenvalue weighted by Gasteiger charge is 2.13. The molecule has 8 heteroatoms. The summed E-state index contributed by atoms with van der Waals surface area (Å²) in [6, 6.07) is 13.6. The fraction of sp³-hybridized carbons (Fsp3) is 0.227. The minimum Gasteiger partial charge on any atom is -0.355 e. The highest BCUT2D eigenvalue weighted by atomic mass is 35.5. The van der Waals surface area contributed by atoms with Crippen LogP contribution >= 0.6 is 23.4 Å². The number of benzene rings is 2. The van der Waals surface area contributed by atoms with Gasteiger partial charge in [-0.3, -0.25) is 9.59 Å². The van der Waals surface area contributed by atoms with Gasteiger partial charge in [0.25, 0.3) is 5.56 Å². The van der Waals surface area contributed by atoms with E-state index in [1.807, 2.05) is 24.3 Å². The van der Waals surface area contributed by atoms with E-state index < -0.39 is 0 Å². The first-order valence-electron chi connectivity index (χ1n) is 9.39. The average Bonchev–Trinajstić information content (AvgIpc) is 2.72. The molecule has 0 spiro atoms. The van der Waals surface area contributed by atoms with Crippen molar-refractivity contribution in [1.29, 1.82) is 0 Å². The lowest BCUT2D eigenvalue weighted by Gasteiger charge is -2.08. The summed E-state index contributed by atoms with van der Waals surface area (Å²) < 4.78 is 13.0. The first kappa shape index (κ1) is 22.1. The zero-order valence-corrected chi connectivity index (χ0v) is 17.9. The maximum Gasteiger partial charge on any atom is 0.255 e. The minimum atomic E-state index is -0.322. The Labute approximate surface area is 183 Å². The number of carbonyl (C=O) groups is 1. The second-order valence-electron chi connectivity index (χ2n) is 6.75. The lowest BCUT2D eigenvalue weighted by Crippen LogP contribution is -2.30. The van der Waals surface area contributed by atoms with Gasteiger partial charge >= 0.3 is 0 Å². The van der Waals surface area contributed by atoms with Crippen LogP contribution in [0.4, 0.5) is 4.39 Å². The molecule has 0 atom stereocenters. The molecule has 2 N–H and O–H groups in total. The molecule has 30 heavy (non-hydrogen) atoms. The molecular weight excluding hydrogens is 425 g/mol. The second kappa shape index (κ2) is 10.4. The lowest BCUT2D eigenvalue weighted by molar-refractivity contribution is -0.120. The smallest absolute Gasteiger partial charge is 0.255 e. The number of aromatic nitrogens is 2. The van der Waals surface area contributed by atoms with E-state index >= 15 is 0 Å². The molecule has 1 heterocycles. The number of halogens is 2. The molecule has 1 aromatic heterocycles. The van der Waals surface area contributed by atoms with Crippen LogP contribution in [0.3, 0.4) is 0 Å². The Kier molecular flexibility index (Phi) is 7.65. The van der Waals surface area contributed by atoms with Gasteiger partial charge in [-0.15, -0.1) is 0 Å². The van der Waals surface area contributed by atoms with Crippen LogP contribution in [0, 0.1) is 12.7 Å². The Hall–Kier alpha value is -2.64. The molecule has 5 nitrogen and oxygen atoms in total. The van der Waals surface area contributed by atoms with Crippen molar-refractivity contribution in [2.75, 3.05) is 6.54 Å². The zero-order valence-electron chi connectivity index (χ0n) is 16.4. The lowest BCUT2D eigenvalue weighted by atomic mass is 10.1. The standard InChI is InChI=1S/C22H21ClFN3O2S/c1-14-19(12-20(28)25-11-10-15-2-6-17(23)7-3-15)21(29)27-22(26-14)30-13-16-4-8-18(24)9-5-16/h2-9H,10-13H2,1H3,(H,25,28)(H,26,27,29). The van der Waals surface area contributed by atoms with Gasteiger partial charge in [-0.25, -0.2) is 9.37 Å². The molecule has 1 amide bonds. The SMILES string of the molecule is Cc1nc(SCc2ccc(F)cc2)[nH]c(=O)c1CC(=O)NCCc1ccc(Cl)cc1. The number of rotatable bonds is 8. The van der Waals surface area contributed by atoms with Gasteiger partial charge in [-0.2, -0.15) is 0 Å². The molecule has 0 bridgehead atoms. The topological polar surface area (TPSA) is 74.8 Å². The fourth-order valence-corrected chi connectivity index (χ4v) is 3.80. The van der Waals surface area contributed by atoms with Crippen LogP contribution in [0.25, 0.3) is 0 Å². The number of aromatic amines is 1. The number of carbonyl (C=O) groups excluding carboxylic acids is 1. The van der Waals surface area contributed by atoms with Crippen molar-refractivity contribution in [3.05, 3.63) is 92.1 Å². The molecule has 0 aliphatic heterocycles. The third kappa shape index (κ3) is 6.43. The Balaban J connectivity index is 1.54. The van der Waals surface area contributed by atoms with E-state index in [-0.39, 0.29) is 23.7 Å². The first-order valence-corrected chi connectivity index (χ1v) is 10.8. The van der Waals surface area contributed by atoms with Gasteiger partial charge in [0.2, 0.25) is 5.91 Å². The van der Waals surface area contributed by atoms with Gasteiger partial charge in [0.05, 0.1) is 6.42 Å². The van der Waals surface area contributed by atoms with E-state index in [9.17, 15) is 14.0 Å². The van der Waals surface area contributed by atoms with Crippen molar-refractivity contribution >= 4 is 29.3 Å². The number of hydrogen-bond acceptors (Lipinski definition) is 4. The van der Waals surface area contributed by atoms with E-state index in [1.165, 1.54) is 23.9 Å². The quantitative estimate of drug-likeness (QED) is 0.405. The molecule has 0 radical (unpaired) electrons. The van der Waals surface area contributed by atoms with Crippen LogP contribution < -0.4 is 10.9 Å². The van der Waals surface area contributed by atoms with E-state index in [1.54, 1.807) is 19.1 Å². The van der Waals surface area contributed by atoms with Crippen LogP contribution in [-0.4, -0.2) is 22.4 Å². The zero-order chi connectivity index (χ0) is 21.5. The molecular formula is C22H21ClFN3O2S. The Morgan fingerprint density at radius 3 is 2.47 bits per heavy atom. The molecule has 0 unspecified atom stereocenters. The largest absolute Gasteiger partial charge is 0.355 e. The molecule has 0 aliphatic rings. The van der Waals surface area contributed by atoms with E-state index in [4.69, 9.17) is 11.6 Å². The highest BCUT2D eigenvalue weighted by Crippen LogP contribution is 2.19.